The largest absolute Gasteiger partial charge is 0.426 e. The van der Waals surface area contributed by atoms with E-state index in [1.807, 2.05) is 13.0 Å². The van der Waals surface area contributed by atoms with E-state index in [0.717, 1.165) is 5.57 Å². The molecule has 0 radical (unpaired) electrons. The van der Waals surface area contributed by atoms with Crippen molar-refractivity contribution in [2.75, 3.05) is 16.3 Å². The molecule has 2 aromatic carbocycles. The maximum atomic E-state index is 13.0. The van der Waals surface area contributed by atoms with Crippen molar-refractivity contribution in [3.8, 4) is 5.75 Å². The highest BCUT2D eigenvalue weighted by atomic mass is 35.5. The molecule has 174 valence electrons. The summed E-state index contributed by atoms with van der Waals surface area (Å²) in [4.78, 5) is 54.0. The summed E-state index contributed by atoms with van der Waals surface area (Å²) in [6.45, 7) is 2.18. The van der Waals surface area contributed by atoms with Gasteiger partial charge in [-0.05, 0) is 56.2 Å². The van der Waals surface area contributed by atoms with E-state index in [0.29, 0.717) is 29.2 Å². The molecule has 2 aromatic rings. The minimum Gasteiger partial charge on any atom is -0.426 e. The van der Waals surface area contributed by atoms with Gasteiger partial charge in [-0.15, -0.1) is 0 Å². The first kappa shape index (κ1) is 22.3. The van der Waals surface area contributed by atoms with Crippen LogP contribution in [0.25, 0.3) is 0 Å². The molecule has 2 heterocycles. The Morgan fingerprint density at radius 2 is 1.71 bits per heavy atom. The van der Waals surface area contributed by atoms with Crippen molar-refractivity contribution in [3.05, 3.63) is 65.2 Å². The standard InChI is InChI=1S/C26H23ClN2O5/c1-15-5-10-21-22(11-15)25(32)29(24(21)31)19-3-2-4-20(13-19)34-26(33)16-12-23(30)28(14-16)18-8-6-17(27)7-9-18/h2-9,13,16,21-22H,10-12,14H2,1H3/t16-,21-,22-/m0/s1. The summed E-state index contributed by atoms with van der Waals surface area (Å²) in [6.07, 6.45) is 3.20. The van der Waals surface area contributed by atoms with E-state index in [1.54, 1.807) is 42.5 Å². The van der Waals surface area contributed by atoms with Crippen LogP contribution in [0.1, 0.15) is 26.2 Å². The summed E-state index contributed by atoms with van der Waals surface area (Å²) < 4.78 is 5.56. The number of benzene rings is 2. The number of carbonyl (C=O) groups excluding carboxylic acids is 4. The number of fused-ring (bicyclic) bond motifs is 1. The lowest BCUT2D eigenvalue weighted by Crippen LogP contribution is -2.31. The van der Waals surface area contributed by atoms with Gasteiger partial charge in [0, 0.05) is 29.7 Å². The summed E-state index contributed by atoms with van der Waals surface area (Å²) >= 11 is 5.92. The first-order valence-electron chi connectivity index (χ1n) is 11.2. The van der Waals surface area contributed by atoms with Gasteiger partial charge in [-0.1, -0.05) is 29.3 Å². The molecule has 3 amide bonds. The van der Waals surface area contributed by atoms with Gasteiger partial charge in [0.25, 0.3) is 0 Å². The highest BCUT2D eigenvalue weighted by molar-refractivity contribution is 6.30. The highest BCUT2D eigenvalue weighted by Crippen LogP contribution is 2.40. The Bertz CT molecular complexity index is 1220. The van der Waals surface area contributed by atoms with E-state index in [4.69, 9.17) is 16.3 Å². The molecular weight excluding hydrogens is 456 g/mol. The fourth-order valence-corrected chi connectivity index (χ4v) is 5.04. The zero-order valence-corrected chi connectivity index (χ0v) is 19.3. The molecule has 0 N–H and O–H groups in total. The average Bonchev–Trinajstić information content (AvgIpc) is 3.32. The number of carbonyl (C=O) groups is 4. The van der Waals surface area contributed by atoms with Crippen molar-refractivity contribution in [1.29, 1.82) is 0 Å². The molecule has 2 aliphatic heterocycles. The first-order valence-corrected chi connectivity index (χ1v) is 11.6. The Balaban J connectivity index is 1.29. The third-order valence-corrected chi connectivity index (χ3v) is 6.97. The predicted octanol–water partition coefficient (Wildman–Crippen LogP) is 4.14. The number of anilines is 2. The van der Waals surface area contributed by atoms with Crippen LogP contribution < -0.4 is 14.5 Å². The van der Waals surface area contributed by atoms with Gasteiger partial charge in [-0.2, -0.15) is 0 Å². The lowest BCUT2D eigenvalue weighted by molar-refractivity contribution is -0.139. The monoisotopic (exact) mass is 478 g/mol. The van der Waals surface area contributed by atoms with E-state index >= 15 is 0 Å². The molecule has 8 heteroatoms. The number of amides is 3. The van der Waals surface area contributed by atoms with Gasteiger partial charge in [0.1, 0.15) is 5.75 Å². The van der Waals surface area contributed by atoms with Crippen molar-refractivity contribution in [2.45, 2.75) is 26.2 Å². The summed E-state index contributed by atoms with van der Waals surface area (Å²) in [5.41, 5.74) is 2.17. The summed E-state index contributed by atoms with van der Waals surface area (Å²) in [7, 11) is 0. The topological polar surface area (TPSA) is 84.0 Å². The number of allylic oxidation sites excluding steroid dienone is 2. The third kappa shape index (κ3) is 4.01. The highest BCUT2D eigenvalue weighted by Gasteiger charge is 2.48. The Labute approximate surface area is 201 Å². The van der Waals surface area contributed by atoms with Crippen molar-refractivity contribution in [2.24, 2.45) is 17.8 Å². The van der Waals surface area contributed by atoms with Gasteiger partial charge in [0.05, 0.1) is 23.4 Å². The van der Waals surface area contributed by atoms with E-state index in [2.05, 4.69) is 0 Å². The lowest BCUT2D eigenvalue weighted by atomic mass is 9.82. The molecular formula is C26H23ClN2O5. The minimum atomic E-state index is -0.626. The van der Waals surface area contributed by atoms with Crippen molar-refractivity contribution in [1.82, 2.24) is 0 Å². The van der Waals surface area contributed by atoms with Crippen molar-refractivity contribution < 1.29 is 23.9 Å². The van der Waals surface area contributed by atoms with Crippen LogP contribution in [0.15, 0.2) is 60.2 Å². The SMILES string of the molecule is CC1=CC[C@@H]2C(=O)N(c3cccc(OC(=O)[C@H]4CC(=O)N(c5ccc(Cl)cc5)C4)c3)C(=O)[C@H]2C1. The Morgan fingerprint density at radius 3 is 2.47 bits per heavy atom. The van der Waals surface area contributed by atoms with E-state index in [-0.39, 0.29) is 48.3 Å². The smallest absolute Gasteiger partial charge is 0.316 e. The van der Waals surface area contributed by atoms with Gasteiger partial charge >= 0.3 is 5.97 Å². The maximum Gasteiger partial charge on any atom is 0.316 e. The summed E-state index contributed by atoms with van der Waals surface area (Å²) in [5, 5.41) is 0.562. The van der Waals surface area contributed by atoms with E-state index in [1.165, 1.54) is 15.9 Å². The number of nitrogens with zero attached hydrogens (tertiary/aromatic N) is 2. The molecule has 0 unspecified atom stereocenters. The van der Waals surface area contributed by atoms with Gasteiger partial charge in [0.2, 0.25) is 17.7 Å². The van der Waals surface area contributed by atoms with Crippen LogP contribution >= 0.6 is 11.6 Å². The summed E-state index contributed by atoms with van der Waals surface area (Å²) in [5.74, 6) is -2.22. The van der Waals surface area contributed by atoms with Gasteiger partial charge in [-0.25, -0.2) is 4.90 Å². The fraction of sp³-hybridized carbons (Fsp3) is 0.308. The fourth-order valence-electron chi connectivity index (χ4n) is 4.91. The molecule has 2 saturated heterocycles. The Morgan fingerprint density at radius 1 is 0.971 bits per heavy atom. The van der Waals surface area contributed by atoms with Crippen LogP contribution in [0, 0.1) is 17.8 Å². The molecule has 3 atom stereocenters. The molecule has 0 saturated carbocycles. The molecule has 5 rings (SSSR count). The van der Waals surface area contributed by atoms with Crippen LogP contribution in [-0.4, -0.2) is 30.2 Å². The number of halogens is 1. The normalized spacial score (nSPS) is 24.4. The van der Waals surface area contributed by atoms with E-state index in [9.17, 15) is 19.2 Å². The molecule has 34 heavy (non-hydrogen) atoms. The molecule has 1 aliphatic carbocycles. The van der Waals surface area contributed by atoms with Gasteiger partial charge < -0.3 is 9.64 Å². The quantitative estimate of drug-likeness (QED) is 0.285. The van der Waals surface area contributed by atoms with Crippen LogP contribution in [-0.2, 0) is 19.2 Å². The van der Waals surface area contributed by atoms with Gasteiger partial charge in [0.15, 0.2) is 0 Å². The van der Waals surface area contributed by atoms with Crippen LogP contribution in [0.4, 0.5) is 11.4 Å². The number of hydrogen-bond acceptors (Lipinski definition) is 5. The second-order valence-electron chi connectivity index (χ2n) is 9.02. The maximum absolute atomic E-state index is 13.0. The number of imide groups is 1. The second-order valence-corrected chi connectivity index (χ2v) is 9.45. The zero-order valence-electron chi connectivity index (χ0n) is 18.6. The number of hydrogen-bond donors (Lipinski definition) is 0. The number of ether oxygens (including phenoxy) is 1. The predicted molar refractivity (Wildman–Crippen MR) is 126 cm³/mol. The zero-order chi connectivity index (χ0) is 24.0. The molecule has 0 spiro atoms. The van der Waals surface area contributed by atoms with Crippen molar-refractivity contribution >= 4 is 46.7 Å². The second kappa shape index (κ2) is 8.72. The molecule has 2 fully saturated rings. The Kier molecular flexibility index (Phi) is 5.73. The van der Waals surface area contributed by atoms with Crippen LogP contribution in [0.5, 0.6) is 5.75 Å². The van der Waals surface area contributed by atoms with Crippen molar-refractivity contribution in [3.63, 3.8) is 0 Å². The molecule has 3 aliphatic rings. The molecule has 0 aromatic heterocycles. The van der Waals surface area contributed by atoms with Crippen LogP contribution in [0.2, 0.25) is 5.02 Å². The molecule has 7 nitrogen and oxygen atoms in total. The number of rotatable bonds is 4. The summed E-state index contributed by atoms with van der Waals surface area (Å²) in [6, 6.07) is 13.3. The average molecular weight is 479 g/mol. The van der Waals surface area contributed by atoms with Gasteiger partial charge in [-0.3, -0.25) is 19.2 Å². The first-order chi connectivity index (χ1) is 16.3. The third-order valence-electron chi connectivity index (χ3n) is 6.71. The van der Waals surface area contributed by atoms with E-state index < -0.39 is 11.9 Å². The number of esters is 1. The Hall–Kier alpha value is -3.45. The molecule has 0 bridgehead atoms. The van der Waals surface area contributed by atoms with Crippen LogP contribution in [0.3, 0.4) is 0 Å². The minimum absolute atomic E-state index is 0.0416. The lowest BCUT2D eigenvalue weighted by Gasteiger charge is -2.18.